The van der Waals surface area contributed by atoms with Crippen LogP contribution in [-0.4, -0.2) is 36.1 Å². The van der Waals surface area contributed by atoms with E-state index < -0.39 is 0 Å². The molecule has 1 fully saturated rings. The summed E-state index contributed by atoms with van der Waals surface area (Å²) in [4.78, 5) is 2.61. The first-order valence-electron chi connectivity index (χ1n) is 7.42. The van der Waals surface area contributed by atoms with Crippen LogP contribution in [0.4, 0.5) is 0 Å². The Morgan fingerprint density at radius 3 is 2.29 bits per heavy atom. The molecule has 1 aliphatic rings. The number of rotatable bonds is 5. The van der Waals surface area contributed by atoms with Gasteiger partial charge in [0, 0.05) is 24.7 Å². The highest BCUT2D eigenvalue weighted by molar-refractivity contribution is 4.84. The van der Waals surface area contributed by atoms with Crippen LogP contribution in [0.15, 0.2) is 0 Å². The average Bonchev–Trinajstić information content (AvgIpc) is 2.26. The predicted octanol–water partition coefficient (Wildman–Crippen LogP) is 3.28. The number of nitrogens with one attached hydrogen (secondary N) is 1. The molecule has 0 aromatic carbocycles. The first kappa shape index (κ1) is 15.0. The Morgan fingerprint density at radius 1 is 1.24 bits per heavy atom. The Bertz CT molecular complexity index is 199. The fourth-order valence-corrected chi connectivity index (χ4v) is 2.72. The van der Waals surface area contributed by atoms with E-state index in [2.05, 4.69) is 44.8 Å². The molecule has 1 aliphatic heterocycles. The van der Waals surface area contributed by atoms with Crippen molar-refractivity contribution in [1.82, 2.24) is 10.2 Å². The molecular formula is C15H32N2. The Hall–Kier alpha value is -0.0800. The quantitative estimate of drug-likeness (QED) is 0.793. The van der Waals surface area contributed by atoms with E-state index in [0.29, 0.717) is 5.54 Å². The van der Waals surface area contributed by atoms with Crippen molar-refractivity contribution in [3.8, 4) is 0 Å². The molecule has 2 heteroatoms. The van der Waals surface area contributed by atoms with Crippen molar-refractivity contribution in [3.63, 3.8) is 0 Å². The van der Waals surface area contributed by atoms with Gasteiger partial charge in [-0.3, -0.25) is 4.90 Å². The summed E-state index contributed by atoms with van der Waals surface area (Å²) in [6, 6.07) is 0.757. The van der Waals surface area contributed by atoms with Gasteiger partial charge in [0.2, 0.25) is 0 Å². The van der Waals surface area contributed by atoms with Gasteiger partial charge in [-0.05, 0) is 52.5 Å². The molecule has 102 valence electrons. The van der Waals surface area contributed by atoms with Gasteiger partial charge in [0.05, 0.1) is 0 Å². The molecule has 0 bridgehead atoms. The maximum absolute atomic E-state index is 3.75. The van der Waals surface area contributed by atoms with Gasteiger partial charge in [-0.2, -0.15) is 0 Å². The molecule has 1 atom stereocenters. The summed E-state index contributed by atoms with van der Waals surface area (Å²) < 4.78 is 0. The van der Waals surface area contributed by atoms with E-state index in [1.807, 2.05) is 0 Å². The molecule has 0 aromatic heterocycles. The molecule has 0 radical (unpaired) electrons. The highest BCUT2D eigenvalue weighted by Gasteiger charge is 2.26. The van der Waals surface area contributed by atoms with Crippen LogP contribution in [0.25, 0.3) is 0 Å². The number of hydrogen-bond acceptors (Lipinski definition) is 2. The Kier molecular flexibility index (Phi) is 5.94. The lowest BCUT2D eigenvalue weighted by Gasteiger charge is -2.41. The Balaban J connectivity index is 2.19. The first-order chi connectivity index (χ1) is 7.93. The zero-order valence-electron chi connectivity index (χ0n) is 12.6. The Morgan fingerprint density at radius 2 is 1.82 bits per heavy atom. The molecule has 17 heavy (non-hydrogen) atoms. The monoisotopic (exact) mass is 240 g/mol. The fourth-order valence-electron chi connectivity index (χ4n) is 2.72. The van der Waals surface area contributed by atoms with E-state index in [4.69, 9.17) is 0 Å². The normalized spacial score (nSPS) is 21.7. The van der Waals surface area contributed by atoms with Crippen LogP contribution in [0.1, 0.15) is 60.3 Å². The third-order valence-corrected chi connectivity index (χ3v) is 3.98. The Labute approximate surface area is 108 Å². The summed E-state index contributed by atoms with van der Waals surface area (Å²) in [5.74, 6) is 0.834. The minimum Gasteiger partial charge on any atom is -0.314 e. The summed E-state index contributed by atoms with van der Waals surface area (Å²) in [7, 11) is 0. The average molecular weight is 240 g/mol. The molecule has 0 amide bonds. The number of nitrogens with zero attached hydrogens (tertiary/aromatic N) is 1. The largest absolute Gasteiger partial charge is 0.314 e. The predicted molar refractivity (Wildman–Crippen MR) is 76.4 cm³/mol. The van der Waals surface area contributed by atoms with Crippen molar-refractivity contribution >= 4 is 0 Å². The zero-order valence-corrected chi connectivity index (χ0v) is 12.6. The topological polar surface area (TPSA) is 15.3 Å². The lowest BCUT2D eigenvalue weighted by atomic mass is 9.97. The summed E-state index contributed by atoms with van der Waals surface area (Å²) in [6.45, 7) is 15.3. The highest BCUT2D eigenvalue weighted by Crippen LogP contribution is 2.20. The van der Waals surface area contributed by atoms with Crippen molar-refractivity contribution in [1.29, 1.82) is 0 Å². The van der Waals surface area contributed by atoms with Gasteiger partial charge < -0.3 is 5.32 Å². The number of likely N-dealkylation sites (tertiary alicyclic amines) is 1. The van der Waals surface area contributed by atoms with Crippen molar-refractivity contribution < 1.29 is 0 Å². The molecule has 0 aliphatic carbocycles. The summed E-state index contributed by atoms with van der Waals surface area (Å²) >= 11 is 0. The minimum absolute atomic E-state index is 0.348. The fraction of sp³-hybridized carbons (Fsp3) is 1.00. The van der Waals surface area contributed by atoms with Gasteiger partial charge in [0.15, 0.2) is 0 Å². The van der Waals surface area contributed by atoms with Gasteiger partial charge in [-0.1, -0.05) is 20.3 Å². The summed E-state index contributed by atoms with van der Waals surface area (Å²) in [5.41, 5.74) is 0.348. The molecular weight excluding hydrogens is 208 g/mol. The van der Waals surface area contributed by atoms with Crippen LogP contribution in [0, 0.1) is 5.92 Å². The smallest absolute Gasteiger partial charge is 0.0125 e. The molecule has 1 saturated heterocycles. The van der Waals surface area contributed by atoms with Gasteiger partial charge in [0.25, 0.3) is 0 Å². The second-order valence-corrected chi connectivity index (χ2v) is 6.73. The third kappa shape index (κ3) is 5.39. The summed E-state index contributed by atoms with van der Waals surface area (Å²) in [6.07, 6.45) is 5.30. The maximum atomic E-state index is 3.75. The van der Waals surface area contributed by atoms with Crippen LogP contribution in [0.3, 0.4) is 0 Å². The van der Waals surface area contributed by atoms with Crippen molar-refractivity contribution in [2.75, 3.05) is 19.6 Å². The lowest BCUT2D eigenvalue weighted by Crippen LogP contribution is -2.50. The molecule has 0 saturated carbocycles. The maximum Gasteiger partial charge on any atom is 0.0125 e. The van der Waals surface area contributed by atoms with Crippen molar-refractivity contribution in [3.05, 3.63) is 0 Å². The van der Waals surface area contributed by atoms with Crippen LogP contribution in [0.5, 0.6) is 0 Å². The molecule has 0 spiro atoms. The molecule has 0 aromatic rings. The van der Waals surface area contributed by atoms with Crippen molar-refractivity contribution in [2.24, 2.45) is 5.92 Å². The number of hydrogen-bond donors (Lipinski definition) is 1. The van der Waals surface area contributed by atoms with E-state index >= 15 is 0 Å². The van der Waals surface area contributed by atoms with E-state index in [1.54, 1.807) is 0 Å². The van der Waals surface area contributed by atoms with Crippen LogP contribution >= 0.6 is 0 Å². The van der Waals surface area contributed by atoms with Crippen molar-refractivity contribution in [2.45, 2.75) is 71.9 Å². The lowest BCUT2D eigenvalue weighted by molar-refractivity contribution is 0.0955. The standard InChI is InChI=1S/C15H32N2/c1-6-7-13(2)12-16-14-8-10-17(11-9-14)15(3,4)5/h13-14,16H,6-12H2,1-5H3. The second kappa shape index (κ2) is 6.75. The molecule has 1 rings (SSSR count). The van der Waals surface area contributed by atoms with E-state index in [9.17, 15) is 0 Å². The zero-order chi connectivity index (χ0) is 12.9. The van der Waals surface area contributed by atoms with Gasteiger partial charge in [-0.25, -0.2) is 0 Å². The van der Waals surface area contributed by atoms with Crippen LogP contribution < -0.4 is 5.32 Å². The van der Waals surface area contributed by atoms with Gasteiger partial charge >= 0.3 is 0 Å². The first-order valence-corrected chi connectivity index (χ1v) is 7.42. The summed E-state index contributed by atoms with van der Waals surface area (Å²) in [5, 5.41) is 3.75. The van der Waals surface area contributed by atoms with E-state index in [1.165, 1.54) is 45.3 Å². The third-order valence-electron chi connectivity index (χ3n) is 3.98. The van der Waals surface area contributed by atoms with Crippen LogP contribution in [-0.2, 0) is 0 Å². The van der Waals surface area contributed by atoms with E-state index in [-0.39, 0.29) is 0 Å². The number of piperidine rings is 1. The van der Waals surface area contributed by atoms with Crippen LogP contribution in [0.2, 0.25) is 0 Å². The molecule has 1 N–H and O–H groups in total. The van der Waals surface area contributed by atoms with E-state index in [0.717, 1.165) is 12.0 Å². The molecule has 1 unspecified atom stereocenters. The highest BCUT2D eigenvalue weighted by atomic mass is 15.2. The SMILES string of the molecule is CCCC(C)CNC1CCN(C(C)(C)C)CC1. The minimum atomic E-state index is 0.348. The van der Waals surface area contributed by atoms with Gasteiger partial charge in [0.1, 0.15) is 0 Å². The van der Waals surface area contributed by atoms with Gasteiger partial charge in [-0.15, -0.1) is 0 Å². The molecule has 2 nitrogen and oxygen atoms in total. The molecule has 1 heterocycles. The second-order valence-electron chi connectivity index (χ2n) is 6.73.